The molecule has 0 amide bonds. The molecule has 0 aromatic rings. The second kappa shape index (κ2) is 6.41. The summed E-state index contributed by atoms with van der Waals surface area (Å²) in [6, 6.07) is 0. The Balaban J connectivity index is 5.39. The SMILES string of the molecule is CCC(=O)OCC(O)(C(O)C(C)(C)C)C(O)C(C)(C)C. The number of aliphatic hydroxyl groups excluding tert-OH is 2. The lowest BCUT2D eigenvalue weighted by Crippen LogP contribution is -2.63. The van der Waals surface area contributed by atoms with E-state index in [1.54, 1.807) is 48.5 Å². The highest BCUT2D eigenvalue weighted by Gasteiger charge is 2.52. The summed E-state index contributed by atoms with van der Waals surface area (Å²) < 4.78 is 4.98. The zero-order valence-electron chi connectivity index (χ0n) is 13.7. The number of rotatable bonds is 5. The van der Waals surface area contributed by atoms with Gasteiger partial charge in [0.2, 0.25) is 0 Å². The molecule has 0 rings (SSSR count). The molecule has 3 N–H and O–H groups in total. The minimum absolute atomic E-state index is 0.174. The summed E-state index contributed by atoms with van der Waals surface area (Å²) in [6.45, 7) is 11.7. The number of hydrogen-bond acceptors (Lipinski definition) is 5. The molecule has 0 aromatic carbocycles. The van der Waals surface area contributed by atoms with Crippen LogP contribution in [0.5, 0.6) is 0 Å². The number of carbonyl (C=O) groups excluding carboxylic acids is 1. The normalized spacial score (nSPS) is 19.1. The molecule has 120 valence electrons. The van der Waals surface area contributed by atoms with Crippen molar-refractivity contribution in [2.24, 2.45) is 10.8 Å². The molecular formula is C15H30O5. The Hall–Kier alpha value is -0.650. The van der Waals surface area contributed by atoms with Gasteiger partial charge in [-0.2, -0.15) is 0 Å². The summed E-state index contributed by atoms with van der Waals surface area (Å²) in [5.41, 5.74) is -3.25. The van der Waals surface area contributed by atoms with E-state index in [1.165, 1.54) is 0 Å². The molecule has 0 aromatic heterocycles. The van der Waals surface area contributed by atoms with Gasteiger partial charge in [0, 0.05) is 6.42 Å². The van der Waals surface area contributed by atoms with Crippen molar-refractivity contribution >= 4 is 5.97 Å². The average Bonchev–Trinajstić information content (AvgIpc) is 2.31. The van der Waals surface area contributed by atoms with Gasteiger partial charge < -0.3 is 20.1 Å². The molecule has 0 fully saturated rings. The second-order valence-corrected chi connectivity index (χ2v) is 7.54. The van der Waals surface area contributed by atoms with Gasteiger partial charge >= 0.3 is 5.97 Å². The van der Waals surface area contributed by atoms with Gasteiger partial charge in [0.15, 0.2) is 5.60 Å². The van der Waals surface area contributed by atoms with Gasteiger partial charge in [-0.3, -0.25) is 4.79 Å². The van der Waals surface area contributed by atoms with Gasteiger partial charge in [0.05, 0.1) is 12.2 Å². The molecule has 0 heterocycles. The van der Waals surface area contributed by atoms with Crippen molar-refractivity contribution in [1.82, 2.24) is 0 Å². The first-order chi connectivity index (χ1) is 8.76. The Kier molecular flexibility index (Phi) is 6.20. The molecule has 5 heteroatoms. The van der Waals surface area contributed by atoms with Crippen LogP contribution in [0.25, 0.3) is 0 Å². The van der Waals surface area contributed by atoms with Crippen molar-refractivity contribution in [3.63, 3.8) is 0 Å². The van der Waals surface area contributed by atoms with E-state index in [0.29, 0.717) is 0 Å². The first-order valence-corrected chi connectivity index (χ1v) is 7.01. The molecule has 20 heavy (non-hydrogen) atoms. The Morgan fingerprint density at radius 3 is 1.60 bits per heavy atom. The molecule has 0 aliphatic rings. The van der Waals surface area contributed by atoms with Gasteiger partial charge in [-0.25, -0.2) is 0 Å². The predicted octanol–water partition coefficient (Wildman–Crippen LogP) is 1.48. The Morgan fingerprint density at radius 2 is 1.35 bits per heavy atom. The number of hydrogen-bond donors (Lipinski definition) is 3. The van der Waals surface area contributed by atoms with Crippen LogP contribution in [0.4, 0.5) is 0 Å². The van der Waals surface area contributed by atoms with Crippen molar-refractivity contribution in [3.8, 4) is 0 Å². The lowest BCUT2D eigenvalue weighted by atomic mass is 9.70. The monoisotopic (exact) mass is 290 g/mol. The van der Waals surface area contributed by atoms with Gasteiger partial charge in [-0.15, -0.1) is 0 Å². The van der Waals surface area contributed by atoms with Crippen LogP contribution in [-0.4, -0.2) is 45.7 Å². The van der Waals surface area contributed by atoms with E-state index in [-0.39, 0.29) is 6.42 Å². The molecule has 0 saturated heterocycles. The van der Waals surface area contributed by atoms with Crippen LogP contribution in [0.2, 0.25) is 0 Å². The third-order valence-corrected chi connectivity index (χ3v) is 3.34. The first-order valence-electron chi connectivity index (χ1n) is 7.01. The number of aliphatic hydroxyl groups is 3. The zero-order chi connectivity index (χ0) is 16.4. The topological polar surface area (TPSA) is 87.0 Å². The number of carbonyl (C=O) groups is 1. The van der Waals surface area contributed by atoms with Gasteiger partial charge in [-0.05, 0) is 10.8 Å². The smallest absolute Gasteiger partial charge is 0.305 e. The van der Waals surface area contributed by atoms with Crippen molar-refractivity contribution in [2.45, 2.75) is 72.7 Å². The Bertz CT molecular complexity index is 304. The standard InChI is InChI=1S/C15H30O5/c1-8-10(16)20-9-15(19,11(17)13(2,3)4)12(18)14(5,6)7/h11-12,17-19H,8-9H2,1-7H3. The van der Waals surface area contributed by atoms with Crippen LogP contribution in [0.1, 0.15) is 54.9 Å². The van der Waals surface area contributed by atoms with Crippen molar-refractivity contribution in [2.75, 3.05) is 6.61 Å². The van der Waals surface area contributed by atoms with E-state index >= 15 is 0 Å². The maximum absolute atomic E-state index is 11.3. The molecule has 2 unspecified atom stereocenters. The minimum Gasteiger partial charge on any atom is -0.462 e. The zero-order valence-corrected chi connectivity index (χ0v) is 13.7. The average molecular weight is 290 g/mol. The molecule has 0 aliphatic carbocycles. The summed E-state index contributed by atoms with van der Waals surface area (Å²) in [4.78, 5) is 11.3. The van der Waals surface area contributed by atoms with E-state index in [0.717, 1.165) is 0 Å². The fraction of sp³-hybridized carbons (Fsp3) is 0.933. The maximum Gasteiger partial charge on any atom is 0.305 e. The molecule has 0 spiro atoms. The highest BCUT2D eigenvalue weighted by atomic mass is 16.5. The fourth-order valence-electron chi connectivity index (χ4n) is 2.11. The molecule has 0 aliphatic heterocycles. The van der Waals surface area contributed by atoms with Crippen molar-refractivity contribution in [3.05, 3.63) is 0 Å². The van der Waals surface area contributed by atoms with Crippen LogP contribution in [-0.2, 0) is 9.53 Å². The Labute approximate surface area is 122 Å². The van der Waals surface area contributed by atoms with E-state index < -0.39 is 41.2 Å². The van der Waals surface area contributed by atoms with Crippen LogP contribution in [0, 0.1) is 10.8 Å². The summed E-state index contributed by atoms with van der Waals surface area (Å²) in [5.74, 6) is -0.481. The van der Waals surface area contributed by atoms with Crippen LogP contribution in [0.15, 0.2) is 0 Å². The lowest BCUT2D eigenvalue weighted by Gasteiger charge is -2.46. The Morgan fingerprint density at radius 1 is 1.00 bits per heavy atom. The first kappa shape index (κ1) is 19.4. The summed E-state index contributed by atoms with van der Waals surface area (Å²) in [5, 5.41) is 31.6. The minimum atomic E-state index is -1.92. The third-order valence-electron chi connectivity index (χ3n) is 3.34. The molecule has 0 saturated carbocycles. The van der Waals surface area contributed by atoms with Gasteiger partial charge in [-0.1, -0.05) is 48.5 Å². The van der Waals surface area contributed by atoms with E-state index in [4.69, 9.17) is 4.74 Å². The summed E-state index contributed by atoms with van der Waals surface area (Å²) in [6.07, 6.45) is -2.31. The van der Waals surface area contributed by atoms with Crippen LogP contribution in [0.3, 0.4) is 0 Å². The van der Waals surface area contributed by atoms with Gasteiger partial charge in [0.1, 0.15) is 6.61 Å². The third kappa shape index (κ3) is 4.72. The summed E-state index contributed by atoms with van der Waals surface area (Å²) >= 11 is 0. The van der Waals surface area contributed by atoms with Gasteiger partial charge in [0.25, 0.3) is 0 Å². The molecule has 5 nitrogen and oxygen atoms in total. The lowest BCUT2D eigenvalue weighted by molar-refractivity contribution is -0.223. The predicted molar refractivity (Wildman–Crippen MR) is 77.1 cm³/mol. The number of esters is 1. The van der Waals surface area contributed by atoms with Crippen molar-refractivity contribution in [1.29, 1.82) is 0 Å². The highest BCUT2D eigenvalue weighted by molar-refractivity contribution is 5.68. The van der Waals surface area contributed by atoms with Crippen LogP contribution >= 0.6 is 0 Å². The van der Waals surface area contributed by atoms with E-state index in [9.17, 15) is 20.1 Å². The highest BCUT2D eigenvalue weighted by Crippen LogP contribution is 2.37. The van der Waals surface area contributed by atoms with E-state index in [2.05, 4.69) is 0 Å². The number of ether oxygens (including phenoxy) is 1. The quantitative estimate of drug-likeness (QED) is 0.668. The molecule has 0 bridgehead atoms. The largest absolute Gasteiger partial charge is 0.462 e. The maximum atomic E-state index is 11.3. The molecular weight excluding hydrogens is 260 g/mol. The second-order valence-electron chi connectivity index (χ2n) is 7.54. The van der Waals surface area contributed by atoms with Crippen LogP contribution < -0.4 is 0 Å². The molecule has 2 atom stereocenters. The van der Waals surface area contributed by atoms with Crippen molar-refractivity contribution < 1.29 is 24.9 Å². The van der Waals surface area contributed by atoms with E-state index in [1.807, 2.05) is 0 Å². The fourth-order valence-corrected chi connectivity index (χ4v) is 2.11. The summed E-state index contributed by atoms with van der Waals surface area (Å²) in [7, 11) is 0. The molecule has 0 radical (unpaired) electrons.